The minimum Gasteiger partial charge on any atom is -0.374 e. The van der Waals surface area contributed by atoms with Gasteiger partial charge in [-0.05, 0) is 19.3 Å². The van der Waals surface area contributed by atoms with Crippen molar-refractivity contribution >= 4 is 6.29 Å². The molecule has 0 aromatic carbocycles. The lowest BCUT2D eigenvalue weighted by molar-refractivity contribution is -0.112. The Morgan fingerprint density at radius 2 is 2.33 bits per heavy atom. The van der Waals surface area contributed by atoms with Crippen molar-refractivity contribution in [3.63, 3.8) is 0 Å². The third kappa shape index (κ3) is 0.697. The van der Waals surface area contributed by atoms with Gasteiger partial charge < -0.3 is 9.53 Å². The molecule has 3 unspecified atom stereocenters. The summed E-state index contributed by atoms with van der Waals surface area (Å²) in [6, 6.07) is 0. The zero-order valence-electron chi connectivity index (χ0n) is 5.25. The Morgan fingerprint density at radius 3 is 2.67 bits per heavy atom. The SMILES string of the molecule is O=CC1CC2CCC1O2. The van der Waals surface area contributed by atoms with Gasteiger partial charge in [-0.25, -0.2) is 0 Å². The summed E-state index contributed by atoms with van der Waals surface area (Å²) >= 11 is 0. The molecule has 0 amide bonds. The molecule has 0 aromatic heterocycles. The van der Waals surface area contributed by atoms with E-state index in [4.69, 9.17) is 4.74 Å². The molecule has 2 bridgehead atoms. The highest BCUT2D eigenvalue weighted by Crippen LogP contribution is 2.37. The summed E-state index contributed by atoms with van der Waals surface area (Å²) in [5.74, 6) is 0.226. The van der Waals surface area contributed by atoms with Crippen molar-refractivity contribution in [1.29, 1.82) is 0 Å². The summed E-state index contributed by atoms with van der Waals surface area (Å²) in [5, 5.41) is 0. The van der Waals surface area contributed by atoms with E-state index in [2.05, 4.69) is 0 Å². The van der Waals surface area contributed by atoms with Crippen LogP contribution in [0.3, 0.4) is 0 Å². The smallest absolute Gasteiger partial charge is 0.125 e. The molecule has 2 saturated heterocycles. The summed E-state index contributed by atoms with van der Waals surface area (Å²) in [5.41, 5.74) is 0. The lowest BCUT2D eigenvalue weighted by Gasteiger charge is -2.09. The van der Waals surface area contributed by atoms with Gasteiger partial charge in [-0.1, -0.05) is 0 Å². The first kappa shape index (κ1) is 5.42. The van der Waals surface area contributed by atoms with Gasteiger partial charge in [0.05, 0.1) is 12.2 Å². The molecule has 2 aliphatic rings. The molecular formula is C7H10O2. The fourth-order valence-electron chi connectivity index (χ4n) is 1.82. The van der Waals surface area contributed by atoms with Crippen LogP contribution in [-0.2, 0) is 9.53 Å². The normalized spacial score (nSPS) is 47.8. The molecule has 2 fully saturated rings. The van der Waals surface area contributed by atoms with Gasteiger partial charge in [0.25, 0.3) is 0 Å². The van der Waals surface area contributed by atoms with Crippen LogP contribution in [0.15, 0.2) is 0 Å². The summed E-state index contributed by atoms with van der Waals surface area (Å²) in [4.78, 5) is 10.3. The van der Waals surface area contributed by atoms with Crippen molar-refractivity contribution in [3.8, 4) is 0 Å². The maximum Gasteiger partial charge on any atom is 0.125 e. The third-order valence-corrected chi connectivity index (χ3v) is 2.33. The van der Waals surface area contributed by atoms with E-state index in [0.717, 1.165) is 19.1 Å². The molecule has 0 spiro atoms. The van der Waals surface area contributed by atoms with E-state index in [1.165, 1.54) is 6.42 Å². The van der Waals surface area contributed by atoms with Crippen molar-refractivity contribution in [3.05, 3.63) is 0 Å². The summed E-state index contributed by atoms with van der Waals surface area (Å²) in [7, 11) is 0. The molecule has 3 atom stereocenters. The summed E-state index contributed by atoms with van der Waals surface area (Å²) in [6.07, 6.45) is 5.01. The second-order valence-corrected chi connectivity index (χ2v) is 2.91. The highest BCUT2D eigenvalue weighted by molar-refractivity contribution is 5.55. The number of carbonyl (C=O) groups excluding carboxylic acids is 1. The van der Waals surface area contributed by atoms with E-state index in [1.54, 1.807) is 0 Å². The molecule has 2 nitrogen and oxygen atoms in total. The first-order valence-corrected chi connectivity index (χ1v) is 3.51. The van der Waals surface area contributed by atoms with Crippen LogP contribution in [0.1, 0.15) is 19.3 Å². The standard InChI is InChI=1S/C7H10O2/c8-4-5-3-6-1-2-7(5)9-6/h4-7H,1-3H2. The Bertz CT molecular complexity index is 133. The van der Waals surface area contributed by atoms with Gasteiger partial charge in [0.1, 0.15) is 6.29 Å². The van der Waals surface area contributed by atoms with Gasteiger partial charge in [-0.2, -0.15) is 0 Å². The average Bonchev–Trinajstić information content (AvgIpc) is 2.45. The number of aldehydes is 1. The quantitative estimate of drug-likeness (QED) is 0.485. The van der Waals surface area contributed by atoms with Gasteiger partial charge in [-0.3, -0.25) is 0 Å². The zero-order valence-corrected chi connectivity index (χ0v) is 5.25. The highest BCUT2D eigenvalue weighted by Gasteiger charge is 2.40. The lowest BCUT2D eigenvalue weighted by atomic mass is 9.91. The summed E-state index contributed by atoms with van der Waals surface area (Å²) in [6.45, 7) is 0. The maximum atomic E-state index is 10.3. The van der Waals surface area contributed by atoms with Crippen molar-refractivity contribution in [2.75, 3.05) is 0 Å². The van der Waals surface area contributed by atoms with Crippen LogP contribution in [-0.4, -0.2) is 18.5 Å². The topological polar surface area (TPSA) is 26.3 Å². The molecule has 50 valence electrons. The second kappa shape index (κ2) is 1.81. The zero-order chi connectivity index (χ0) is 6.27. The number of hydrogen-bond acceptors (Lipinski definition) is 2. The molecule has 9 heavy (non-hydrogen) atoms. The van der Waals surface area contributed by atoms with Gasteiger partial charge >= 0.3 is 0 Å². The number of fused-ring (bicyclic) bond motifs is 2. The first-order chi connectivity index (χ1) is 4.40. The van der Waals surface area contributed by atoms with E-state index in [-0.39, 0.29) is 12.0 Å². The molecule has 0 saturated carbocycles. The Kier molecular flexibility index (Phi) is 1.09. The lowest BCUT2D eigenvalue weighted by Crippen LogP contribution is -2.16. The third-order valence-electron chi connectivity index (χ3n) is 2.33. The Hall–Kier alpha value is -0.370. The van der Waals surface area contributed by atoms with Crippen LogP contribution in [0, 0.1) is 5.92 Å². The minimum atomic E-state index is 0.226. The van der Waals surface area contributed by atoms with Crippen molar-refractivity contribution in [1.82, 2.24) is 0 Å². The molecular weight excluding hydrogens is 116 g/mol. The van der Waals surface area contributed by atoms with E-state index in [0.29, 0.717) is 6.10 Å². The monoisotopic (exact) mass is 126 g/mol. The Labute approximate surface area is 54.2 Å². The highest BCUT2D eigenvalue weighted by atomic mass is 16.5. The van der Waals surface area contributed by atoms with E-state index >= 15 is 0 Å². The number of ether oxygens (including phenoxy) is 1. The average molecular weight is 126 g/mol. The molecule has 2 heteroatoms. The minimum absolute atomic E-state index is 0.226. The number of rotatable bonds is 1. The van der Waals surface area contributed by atoms with Gasteiger partial charge in [0.2, 0.25) is 0 Å². The summed E-state index contributed by atoms with van der Waals surface area (Å²) < 4.78 is 5.44. The Morgan fingerprint density at radius 1 is 1.44 bits per heavy atom. The molecule has 2 rings (SSSR count). The molecule has 0 aliphatic carbocycles. The molecule has 2 heterocycles. The first-order valence-electron chi connectivity index (χ1n) is 3.51. The van der Waals surface area contributed by atoms with Crippen LogP contribution >= 0.6 is 0 Å². The van der Waals surface area contributed by atoms with E-state index < -0.39 is 0 Å². The molecule has 0 N–H and O–H groups in total. The molecule has 0 radical (unpaired) electrons. The predicted molar refractivity (Wildman–Crippen MR) is 32.1 cm³/mol. The fraction of sp³-hybridized carbons (Fsp3) is 0.857. The number of hydrogen-bond donors (Lipinski definition) is 0. The largest absolute Gasteiger partial charge is 0.374 e. The predicted octanol–water partition coefficient (Wildman–Crippen LogP) is 0.753. The number of carbonyl (C=O) groups is 1. The van der Waals surface area contributed by atoms with Crippen LogP contribution < -0.4 is 0 Å². The molecule has 2 aliphatic heterocycles. The van der Waals surface area contributed by atoms with Crippen molar-refractivity contribution < 1.29 is 9.53 Å². The van der Waals surface area contributed by atoms with Gasteiger partial charge in [0, 0.05) is 5.92 Å². The maximum absolute atomic E-state index is 10.3. The van der Waals surface area contributed by atoms with E-state index in [9.17, 15) is 4.79 Å². The van der Waals surface area contributed by atoms with Crippen LogP contribution in [0.5, 0.6) is 0 Å². The van der Waals surface area contributed by atoms with Crippen molar-refractivity contribution in [2.24, 2.45) is 5.92 Å². The van der Waals surface area contributed by atoms with Crippen LogP contribution in [0.25, 0.3) is 0 Å². The van der Waals surface area contributed by atoms with E-state index in [1.807, 2.05) is 0 Å². The van der Waals surface area contributed by atoms with Gasteiger partial charge in [-0.15, -0.1) is 0 Å². The molecule has 0 aromatic rings. The second-order valence-electron chi connectivity index (χ2n) is 2.91. The van der Waals surface area contributed by atoms with Crippen LogP contribution in [0.2, 0.25) is 0 Å². The van der Waals surface area contributed by atoms with Gasteiger partial charge in [0.15, 0.2) is 0 Å². The fourth-order valence-corrected chi connectivity index (χ4v) is 1.82. The van der Waals surface area contributed by atoms with Crippen LogP contribution in [0.4, 0.5) is 0 Å². The van der Waals surface area contributed by atoms with Crippen molar-refractivity contribution in [2.45, 2.75) is 31.5 Å². The Balaban J connectivity index is 2.09.